The third kappa shape index (κ3) is 4.45. The third-order valence-corrected chi connectivity index (χ3v) is 4.67. The molecule has 0 radical (unpaired) electrons. The van der Waals surface area contributed by atoms with E-state index in [1.54, 1.807) is 0 Å². The lowest BCUT2D eigenvalue weighted by atomic mass is 9.86. The van der Waals surface area contributed by atoms with Gasteiger partial charge in [0.25, 0.3) is 0 Å². The SMILES string of the molecule is Cc1ocnc1CNc1ncc([N+](=O)[O-])c(NCC2CCC(N)CC2)n1. The predicted octanol–water partition coefficient (Wildman–Crippen LogP) is 2.22. The van der Waals surface area contributed by atoms with Crippen molar-refractivity contribution in [2.75, 3.05) is 17.2 Å². The molecule has 10 nitrogen and oxygen atoms in total. The van der Waals surface area contributed by atoms with Gasteiger partial charge in [0.15, 0.2) is 6.39 Å². The molecule has 26 heavy (non-hydrogen) atoms. The van der Waals surface area contributed by atoms with E-state index in [1.807, 2.05) is 6.92 Å². The highest BCUT2D eigenvalue weighted by Gasteiger charge is 2.21. The van der Waals surface area contributed by atoms with E-state index in [2.05, 4.69) is 25.6 Å². The molecular formula is C16H23N7O3. The Morgan fingerprint density at radius 2 is 2.08 bits per heavy atom. The lowest BCUT2D eigenvalue weighted by molar-refractivity contribution is -0.384. The van der Waals surface area contributed by atoms with Crippen LogP contribution in [0.2, 0.25) is 0 Å². The quantitative estimate of drug-likeness (QED) is 0.499. The van der Waals surface area contributed by atoms with E-state index >= 15 is 0 Å². The summed E-state index contributed by atoms with van der Waals surface area (Å²) < 4.78 is 5.14. The highest BCUT2D eigenvalue weighted by atomic mass is 16.6. The van der Waals surface area contributed by atoms with Crippen LogP contribution in [0.4, 0.5) is 17.5 Å². The molecule has 1 aliphatic carbocycles. The number of hydrogen-bond acceptors (Lipinski definition) is 9. The van der Waals surface area contributed by atoms with Crippen LogP contribution in [0.25, 0.3) is 0 Å². The number of nitro groups is 1. The minimum absolute atomic E-state index is 0.138. The summed E-state index contributed by atoms with van der Waals surface area (Å²) in [5, 5.41) is 17.4. The van der Waals surface area contributed by atoms with E-state index in [-0.39, 0.29) is 17.5 Å². The van der Waals surface area contributed by atoms with E-state index in [0.717, 1.165) is 31.4 Å². The number of aromatic nitrogens is 3. The second-order valence-electron chi connectivity index (χ2n) is 6.56. The normalized spacial score (nSPS) is 19.9. The first kappa shape index (κ1) is 18.1. The average Bonchev–Trinajstić information content (AvgIpc) is 3.04. The molecule has 0 aromatic carbocycles. The number of rotatable bonds is 7. The molecule has 0 amide bonds. The van der Waals surface area contributed by atoms with Gasteiger partial charge < -0.3 is 20.8 Å². The van der Waals surface area contributed by atoms with Crippen LogP contribution < -0.4 is 16.4 Å². The smallest absolute Gasteiger partial charge is 0.329 e. The summed E-state index contributed by atoms with van der Waals surface area (Å²) in [6.07, 6.45) is 6.59. The molecule has 0 spiro atoms. The first-order valence-corrected chi connectivity index (χ1v) is 8.66. The number of oxazole rings is 1. The van der Waals surface area contributed by atoms with Crippen LogP contribution in [-0.2, 0) is 6.54 Å². The second kappa shape index (κ2) is 8.09. The summed E-state index contributed by atoms with van der Waals surface area (Å²) in [7, 11) is 0. The van der Waals surface area contributed by atoms with Crippen LogP contribution in [0, 0.1) is 23.0 Å². The molecule has 4 N–H and O–H groups in total. The van der Waals surface area contributed by atoms with E-state index in [4.69, 9.17) is 10.2 Å². The van der Waals surface area contributed by atoms with Crippen LogP contribution in [-0.4, -0.2) is 32.5 Å². The lowest BCUT2D eigenvalue weighted by Crippen LogP contribution is -2.29. The van der Waals surface area contributed by atoms with E-state index in [9.17, 15) is 10.1 Å². The minimum Gasteiger partial charge on any atom is -0.448 e. The summed E-state index contributed by atoms with van der Waals surface area (Å²) in [5.74, 6) is 1.66. The number of nitrogens with one attached hydrogen (secondary N) is 2. The summed E-state index contributed by atoms with van der Waals surface area (Å²) in [4.78, 5) is 23.1. The monoisotopic (exact) mass is 361 g/mol. The fourth-order valence-corrected chi connectivity index (χ4v) is 3.02. The Morgan fingerprint density at radius 1 is 1.31 bits per heavy atom. The molecule has 1 aliphatic rings. The van der Waals surface area contributed by atoms with Crippen molar-refractivity contribution in [3.8, 4) is 0 Å². The summed E-state index contributed by atoms with van der Waals surface area (Å²) in [6.45, 7) is 2.82. The van der Waals surface area contributed by atoms with E-state index in [1.165, 1.54) is 12.6 Å². The van der Waals surface area contributed by atoms with Gasteiger partial charge >= 0.3 is 5.69 Å². The summed E-state index contributed by atoms with van der Waals surface area (Å²) in [5.41, 5.74) is 6.52. The Bertz CT molecular complexity index is 756. The molecule has 0 saturated heterocycles. The van der Waals surface area contributed by atoms with Crippen LogP contribution in [0.15, 0.2) is 17.0 Å². The zero-order valence-corrected chi connectivity index (χ0v) is 14.6. The topological polar surface area (TPSA) is 145 Å². The van der Waals surface area contributed by atoms with Gasteiger partial charge in [0.2, 0.25) is 11.8 Å². The van der Waals surface area contributed by atoms with Crippen molar-refractivity contribution in [3.05, 3.63) is 34.2 Å². The zero-order valence-electron chi connectivity index (χ0n) is 14.6. The molecule has 0 bridgehead atoms. The highest BCUT2D eigenvalue weighted by molar-refractivity contribution is 5.57. The van der Waals surface area contributed by atoms with Crippen molar-refractivity contribution in [2.24, 2.45) is 11.7 Å². The van der Waals surface area contributed by atoms with Crippen molar-refractivity contribution >= 4 is 17.5 Å². The van der Waals surface area contributed by atoms with Gasteiger partial charge in [-0.3, -0.25) is 10.1 Å². The van der Waals surface area contributed by atoms with Crippen LogP contribution in [0.3, 0.4) is 0 Å². The Labute approximate surface area is 150 Å². The number of hydrogen-bond donors (Lipinski definition) is 3. The predicted molar refractivity (Wildman–Crippen MR) is 95.7 cm³/mol. The fraction of sp³-hybridized carbons (Fsp3) is 0.562. The molecule has 0 unspecified atom stereocenters. The van der Waals surface area contributed by atoms with Gasteiger partial charge in [-0.15, -0.1) is 0 Å². The molecular weight excluding hydrogens is 338 g/mol. The maximum Gasteiger partial charge on any atom is 0.329 e. The van der Waals surface area contributed by atoms with Gasteiger partial charge in [0.05, 0.1) is 11.5 Å². The molecule has 2 aromatic heterocycles. The zero-order chi connectivity index (χ0) is 18.5. The molecule has 0 aliphatic heterocycles. The number of nitrogens with zero attached hydrogens (tertiary/aromatic N) is 4. The van der Waals surface area contributed by atoms with Crippen molar-refractivity contribution < 1.29 is 9.34 Å². The highest BCUT2D eigenvalue weighted by Crippen LogP contribution is 2.26. The molecule has 2 heterocycles. The Hall–Kier alpha value is -2.75. The van der Waals surface area contributed by atoms with E-state index in [0.29, 0.717) is 30.7 Å². The summed E-state index contributed by atoms with van der Waals surface area (Å²) >= 11 is 0. The average molecular weight is 361 g/mol. The number of anilines is 2. The Balaban J connectivity index is 1.65. The van der Waals surface area contributed by atoms with Gasteiger partial charge in [-0.2, -0.15) is 4.98 Å². The standard InChI is InChI=1S/C16H23N7O3/c1-10-13(21-9-26-10)7-19-16-20-8-14(23(24)25)15(22-16)18-6-11-2-4-12(17)5-3-11/h8-9,11-12H,2-7,17H2,1H3,(H2,18,19,20,22). The third-order valence-electron chi connectivity index (χ3n) is 4.67. The molecule has 3 rings (SSSR count). The Kier molecular flexibility index (Phi) is 5.61. The first-order valence-electron chi connectivity index (χ1n) is 8.66. The van der Waals surface area contributed by atoms with Crippen LogP contribution in [0.5, 0.6) is 0 Å². The molecule has 1 saturated carbocycles. The molecule has 0 atom stereocenters. The van der Waals surface area contributed by atoms with Gasteiger partial charge in [0, 0.05) is 12.6 Å². The Morgan fingerprint density at radius 3 is 2.73 bits per heavy atom. The van der Waals surface area contributed by atoms with Gasteiger partial charge in [-0.1, -0.05) is 0 Å². The lowest BCUT2D eigenvalue weighted by Gasteiger charge is -2.26. The van der Waals surface area contributed by atoms with E-state index < -0.39 is 4.92 Å². The largest absolute Gasteiger partial charge is 0.448 e. The van der Waals surface area contributed by atoms with Crippen LogP contribution in [0.1, 0.15) is 37.1 Å². The molecule has 1 fully saturated rings. The van der Waals surface area contributed by atoms with Gasteiger partial charge in [0.1, 0.15) is 17.7 Å². The fourth-order valence-electron chi connectivity index (χ4n) is 3.02. The van der Waals surface area contributed by atoms with Gasteiger partial charge in [-0.05, 0) is 38.5 Å². The maximum absolute atomic E-state index is 11.2. The van der Waals surface area contributed by atoms with Crippen molar-refractivity contribution in [3.63, 3.8) is 0 Å². The van der Waals surface area contributed by atoms with Crippen molar-refractivity contribution in [1.29, 1.82) is 0 Å². The minimum atomic E-state index is -0.481. The van der Waals surface area contributed by atoms with Crippen LogP contribution >= 0.6 is 0 Å². The van der Waals surface area contributed by atoms with Gasteiger partial charge in [-0.25, -0.2) is 9.97 Å². The van der Waals surface area contributed by atoms with Crippen molar-refractivity contribution in [1.82, 2.24) is 15.0 Å². The number of aryl methyl sites for hydroxylation is 1. The first-order chi connectivity index (χ1) is 12.5. The molecule has 140 valence electrons. The van der Waals surface area contributed by atoms with Crippen molar-refractivity contribution in [2.45, 2.75) is 45.2 Å². The second-order valence-corrected chi connectivity index (χ2v) is 6.56. The maximum atomic E-state index is 11.2. The molecule has 10 heteroatoms. The molecule has 2 aromatic rings. The summed E-state index contributed by atoms with van der Waals surface area (Å²) in [6, 6.07) is 0.274. The number of nitrogens with two attached hydrogens (primary N) is 1.